The molecule has 6 nitrogen and oxygen atoms in total. The molecule has 0 saturated carbocycles. The van der Waals surface area contributed by atoms with Crippen molar-refractivity contribution in [1.29, 1.82) is 0 Å². The van der Waals surface area contributed by atoms with Crippen LogP contribution >= 0.6 is 11.3 Å². The second-order valence-corrected chi connectivity index (χ2v) is 8.78. The molecule has 1 aromatic heterocycles. The molecule has 1 amide bonds. The van der Waals surface area contributed by atoms with E-state index in [1.165, 1.54) is 21.9 Å². The zero-order valence-electron chi connectivity index (χ0n) is 13.3. The number of nitrogens with one attached hydrogen (secondary N) is 1. The highest BCUT2D eigenvalue weighted by Crippen LogP contribution is 2.20. The van der Waals surface area contributed by atoms with Crippen molar-refractivity contribution < 1.29 is 13.2 Å². The topological polar surface area (TPSA) is 79.4 Å². The van der Waals surface area contributed by atoms with E-state index in [2.05, 4.69) is 10.3 Å². The average molecular weight is 345 g/mol. The number of hydrogen-bond acceptors (Lipinski definition) is 5. The zero-order valence-corrected chi connectivity index (χ0v) is 14.9. The Hall–Kier alpha value is -0.990. The maximum absolute atomic E-state index is 12.2. The van der Waals surface area contributed by atoms with E-state index in [-0.39, 0.29) is 11.8 Å². The van der Waals surface area contributed by atoms with Gasteiger partial charge >= 0.3 is 0 Å². The summed E-state index contributed by atoms with van der Waals surface area (Å²) in [5.41, 5.74) is 0.765. The first-order valence-corrected chi connectivity index (χ1v) is 10.2. The Balaban J connectivity index is 1.92. The third kappa shape index (κ3) is 4.27. The zero-order chi connectivity index (χ0) is 16.3. The number of carbonyl (C=O) groups excluding carboxylic acids is 1. The third-order valence-corrected chi connectivity index (χ3v) is 6.42. The minimum absolute atomic E-state index is 0.105. The number of aromatic nitrogens is 1. The molecule has 1 fully saturated rings. The molecule has 1 aromatic rings. The van der Waals surface area contributed by atoms with Crippen molar-refractivity contribution >= 4 is 27.3 Å². The van der Waals surface area contributed by atoms with E-state index in [9.17, 15) is 13.2 Å². The van der Waals surface area contributed by atoms with Gasteiger partial charge < -0.3 is 5.32 Å². The molecule has 1 aliphatic heterocycles. The highest BCUT2D eigenvalue weighted by Gasteiger charge is 2.26. The molecule has 1 atom stereocenters. The summed E-state index contributed by atoms with van der Waals surface area (Å²) in [7, 11) is -3.14. The number of piperidine rings is 1. The van der Waals surface area contributed by atoms with Gasteiger partial charge in [0, 0.05) is 19.6 Å². The number of carbonyl (C=O) groups is 1. The van der Waals surface area contributed by atoms with Gasteiger partial charge in [-0.2, -0.15) is 0 Å². The number of amides is 1. The lowest BCUT2D eigenvalue weighted by molar-refractivity contribution is 0.0945. The van der Waals surface area contributed by atoms with Crippen molar-refractivity contribution in [2.45, 2.75) is 33.1 Å². The lowest BCUT2D eigenvalue weighted by Gasteiger charge is -2.30. The normalized spacial score (nSPS) is 20.0. The highest BCUT2D eigenvalue weighted by atomic mass is 32.2. The molecule has 22 heavy (non-hydrogen) atoms. The van der Waals surface area contributed by atoms with Crippen LogP contribution in [0.25, 0.3) is 0 Å². The smallest absolute Gasteiger partial charge is 0.263 e. The summed E-state index contributed by atoms with van der Waals surface area (Å²) in [4.78, 5) is 17.3. The number of thiazole rings is 1. The third-order valence-electron chi connectivity index (χ3n) is 3.85. The van der Waals surface area contributed by atoms with Crippen molar-refractivity contribution in [3.63, 3.8) is 0 Å². The van der Waals surface area contributed by atoms with E-state index in [4.69, 9.17) is 0 Å². The van der Waals surface area contributed by atoms with Crippen LogP contribution in [0.2, 0.25) is 0 Å². The van der Waals surface area contributed by atoms with E-state index in [0.717, 1.165) is 30.0 Å². The molecule has 1 aliphatic rings. The largest absolute Gasteiger partial charge is 0.351 e. The minimum Gasteiger partial charge on any atom is -0.351 e. The van der Waals surface area contributed by atoms with E-state index < -0.39 is 10.0 Å². The number of nitrogens with zero attached hydrogens (tertiary/aromatic N) is 2. The molecule has 0 spiro atoms. The second-order valence-electron chi connectivity index (χ2n) is 5.71. The summed E-state index contributed by atoms with van der Waals surface area (Å²) in [6, 6.07) is 0. The summed E-state index contributed by atoms with van der Waals surface area (Å²) in [5, 5.41) is 3.89. The number of rotatable bonds is 5. The van der Waals surface area contributed by atoms with Gasteiger partial charge in [-0.15, -0.1) is 11.3 Å². The van der Waals surface area contributed by atoms with Gasteiger partial charge in [-0.1, -0.05) is 6.92 Å². The standard InChI is InChI=1S/C14H23N3O3S2/c1-4-12-16-10(2)13(21-12)14(18)15-8-11-6-5-7-17(9-11)22(3,19)20/h11H,4-9H2,1-3H3,(H,15,18)/t11-/m1/s1. The maximum Gasteiger partial charge on any atom is 0.263 e. The molecule has 1 N–H and O–H groups in total. The van der Waals surface area contributed by atoms with Crippen molar-refractivity contribution in [2.75, 3.05) is 25.9 Å². The molecule has 2 rings (SSSR count). The van der Waals surface area contributed by atoms with Gasteiger partial charge in [0.05, 0.1) is 17.0 Å². The van der Waals surface area contributed by atoms with Crippen molar-refractivity contribution in [3.05, 3.63) is 15.6 Å². The number of sulfonamides is 1. The molecular formula is C14H23N3O3S2. The van der Waals surface area contributed by atoms with Gasteiger partial charge in [-0.05, 0) is 32.1 Å². The van der Waals surface area contributed by atoms with Crippen LogP contribution in [0.5, 0.6) is 0 Å². The van der Waals surface area contributed by atoms with Crippen LogP contribution in [0.1, 0.15) is 40.1 Å². The monoisotopic (exact) mass is 345 g/mol. The molecule has 0 unspecified atom stereocenters. The van der Waals surface area contributed by atoms with Crippen LogP contribution < -0.4 is 5.32 Å². The Bertz CT molecular complexity index is 640. The minimum atomic E-state index is -3.14. The van der Waals surface area contributed by atoms with Crippen LogP contribution in [-0.2, 0) is 16.4 Å². The van der Waals surface area contributed by atoms with E-state index in [1.54, 1.807) is 0 Å². The first kappa shape index (κ1) is 17.4. The predicted octanol–water partition coefficient (Wildman–Crippen LogP) is 1.42. The van der Waals surface area contributed by atoms with Crippen molar-refractivity contribution in [3.8, 4) is 0 Å². The van der Waals surface area contributed by atoms with Crippen LogP contribution in [0.15, 0.2) is 0 Å². The van der Waals surface area contributed by atoms with Gasteiger partial charge in [0.25, 0.3) is 5.91 Å². The predicted molar refractivity (Wildman–Crippen MR) is 87.7 cm³/mol. The highest BCUT2D eigenvalue weighted by molar-refractivity contribution is 7.88. The molecule has 2 heterocycles. The Morgan fingerprint density at radius 3 is 2.82 bits per heavy atom. The van der Waals surface area contributed by atoms with Gasteiger partial charge in [0.1, 0.15) is 4.88 Å². The van der Waals surface area contributed by atoms with Gasteiger partial charge in [-0.25, -0.2) is 17.7 Å². The van der Waals surface area contributed by atoms with Gasteiger partial charge in [-0.3, -0.25) is 4.79 Å². The van der Waals surface area contributed by atoms with Gasteiger partial charge in [0.2, 0.25) is 10.0 Å². The molecule has 124 valence electrons. The van der Waals surface area contributed by atoms with E-state index in [1.807, 2.05) is 13.8 Å². The van der Waals surface area contributed by atoms with E-state index in [0.29, 0.717) is 24.5 Å². The Morgan fingerprint density at radius 2 is 2.23 bits per heavy atom. The van der Waals surface area contributed by atoms with E-state index >= 15 is 0 Å². The SMILES string of the molecule is CCc1nc(C)c(C(=O)NC[C@H]2CCCN(S(C)(=O)=O)C2)s1. The quantitative estimate of drug-likeness (QED) is 0.875. The summed E-state index contributed by atoms with van der Waals surface area (Å²) >= 11 is 1.43. The molecule has 0 bridgehead atoms. The summed E-state index contributed by atoms with van der Waals surface area (Å²) in [6.07, 6.45) is 3.84. The molecular weight excluding hydrogens is 322 g/mol. The fourth-order valence-corrected chi connectivity index (χ4v) is 4.49. The first-order chi connectivity index (χ1) is 10.3. The molecule has 0 aromatic carbocycles. The maximum atomic E-state index is 12.2. The summed E-state index contributed by atoms with van der Waals surface area (Å²) < 4.78 is 24.7. The number of aryl methyl sites for hydroxylation is 2. The molecule has 0 aliphatic carbocycles. The van der Waals surface area contributed by atoms with Gasteiger partial charge in [0.15, 0.2) is 0 Å². The Morgan fingerprint density at radius 1 is 1.50 bits per heavy atom. The Kier molecular flexibility index (Phi) is 5.57. The lowest BCUT2D eigenvalue weighted by Crippen LogP contribution is -2.43. The van der Waals surface area contributed by atoms with Crippen LogP contribution in [0.4, 0.5) is 0 Å². The van der Waals surface area contributed by atoms with Crippen molar-refractivity contribution in [1.82, 2.24) is 14.6 Å². The average Bonchev–Trinajstić information content (AvgIpc) is 2.85. The van der Waals surface area contributed by atoms with Crippen LogP contribution in [0, 0.1) is 12.8 Å². The fourth-order valence-electron chi connectivity index (χ4n) is 2.63. The lowest BCUT2D eigenvalue weighted by atomic mass is 10.00. The van der Waals surface area contributed by atoms with Crippen LogP contribution in [-0.4, -0.2) is 49.5 Å². The summed E-state index contributed by atoms with van der Waals surface area (Å²) in [6.45, 7) is 5.43. The molecule has 0 radical (unpaired) electrons. The second kappa shape index (κ2) is 7.06. The molecule has 8 heteroatoms. The van der Waals surface area contributed by atoms with Crippen LogP contribution in [0.3, 0.4) is 0 Å². The first-order valence-electron chi connectivity index (χ1n) is 7.51. The molecule has 1 saturated heterocycles. The summed E-state index contributed by atoms with van der Waals surface area (Å²) in [5.74, 6) is 0.0671. The fraction of sp³-hybridized carbons (Fsp3) is 0.714. The number of hydrogen-bond donors (Lipinski definition) is 1. The Labute approximate surface area is 136 Å². The van der Waals surface area contributed by atoms with Crippen molar-refractivity contribution in [2.24, 2.45) is 5.92 Å².